The monoisotopic (exact) mass is 341 g/mol. The number of alkyl halides is 1. The standard InChI is InChI=1S/C18H20FN5O/c1-12-4-2-5-13(21-12)8-24-9-14(19)16(10-24)25-11-17-22-15-6-3-7-20-18(15)23-17/h2-7,14,16H,8-11H2,1H3,(H,20,22,23)/t14-,16+/m1/s1. The van der Waals surface area contributed by atoms with Crippen LogP contribution in [0.3, 0.4) is 0 Å². The van der Waals surface area contributed by atoms with Crippen LogP contribution in [0.25, 0.3) is 11.2 Å². The van der Waals surface area contributed by atoms with Crippen LogP contribution < -0.4 is 0 Å². The molecular weight excluding hydrogens is 321 g/mol. The molecule has 4 rings (SSSR count). The van der Waals surface area contributed by atoms with Crippen LogP contribution >= 0.6 is 0 Å². The maximum absolute atomic E-state index is 14.3. The number of aryl methyl sites for hydroxylation is 1. The summed E-state index contributed by atoms with van der Waals surface area (Å²) < 4.78 is 20.1. The fourth-order valence-electron chi connectivity index (χ4n) is 3.16. The summed E-state index contributed by atoms with van der Waals surface area (Å²) in [6.45, 7) is 3.76. The summed E-state index contributed by atoms with van der Waals surface area (Å²) in [5.74, 6) is 0.666. The Labute approximate surface area is 145 Å². The average Bonchev–Trinajstić information content (AvgIpc) is 3.15. The number of halogens is 1. The summed E-state index contributed by atoms with van der Waals surface area (Å²) in [6.07, 6.45) is 0.234. The molecule has 1 saturated heterocycles. The topological polar surface area (TPSA) is 66.9 Å². The number of hydrogen-bond acceptors (Lipinski definition) is 5. The first-order valence-electron chi connectivity index (χ1n) is 8.37. The van der Waals surface area contributed by atoms with Gasteiger partial charge in [0.15, 0.2) is 5.65 Å². The molecule has 1 aliphatic rings. The van der Waals surface area contributed by atoms with Gasteiger partial charge in [0.2, 0.25) is 0 Å². The zero-order chi connectivity index (χ0) is 17.2. The van der Waals surface area contributed by atoms with Gasteiger partial charge in [-0.3, -0.25) is 9.88 Å². The number of H-pyrrole nitrogens is 1. The molecule has 1 fully saturated rings. The highest BCUT2D eigenvalue weighted by Crippen LogP contribution is 2.20. The first kappa shape index (κ1) is 16.1. The fourth-order valence-corrected chi connectivity index (χ4v) is 3.16. The number of imidazole rings is 1. The van der Waals surface area contributed by atoms with Crippen molar-refractivity contribution in [3.63, 3.8) is 0 Å². The molecule has 0 amide bonds. The van der Waals surface area contributed by atoms with E-state index in [1.54, 1.807) is 6.20 Å². The van der Waals surface area contributed by atoms with E-state index in [1.165, 1.54) is 0 Å². The van der Waals surface area contributed by atoms with Crippen LogP contribution in [0, 0.1) is 6.92 Å². The minimum atomic E-state index is -1.01. The van der Waals surface area contributed by atoms with E-state index in [2.05, 4.69) is 19.9 Å². The van der Waals surface area contributed by atoms with Crippen molar-refractivity contribution < 1.29 is 9.13 Å². The number of aromatic amines is 1. The Morgan fingerprint density at radius 3 is 3.00 bits per heavy atom. The van der Waals surface area contributed by atoms with Crippen molar-refractivity contribution in [2.75, 3.05) is 13.1 Å². The van der Waals surface area contributed by atoms with Gasteiger partial charge in [-0.1, -0.05) is 6.07 Å². The van der Waals surface area contributed by atoms with Crippen molar-refractivity contribution in [1.29, 1.82) is 0 Å². The van der Waals surface area contributed by atoms with E-state index in [-0.39, 0.29) is 6.61 Å². The Morgan fingerprint density at radius 2 is 2.16 bits per heavy atom. The third-order valence-corrected chi connectivity index (χ3v) is 4.35. The Bertz CT molecular complexity index is 834. The molecule has 1 aliphatic heterocycles. The third kappa shape index (κ3) is 3.67. The highest BCUT2D eigenvalue weighted by Gasteiger charge is 2.33. The van der Waals surface area contributed by atoms with Crippen LogP contribution in [0.5, 0.6) is 0 Å². The van der Waals surface area contributed by atoms with Gasteiger partial charge in [0.1, 0.15) is 24.7 Å². The molecule has 0 unspecified atom stereocenters. The Morgan fingerprint density at radius 1 is 1.24 bits per heavy atom. The number of nitrogens with zero attached hydrogens (tertiary/aromatic N) is 4. The van der Waals surface area contributed by atoms with Gasteiger partial charge in [-0.2, -0.15) is 0 Å². The summed E-state index contributed by atoms with van der Waals surface area (Å²) in [5.41, 5.74) is 3.43. The molecule has 1 N–H and O–H groups in total. The first-order valence-corrected chi connectivity index (χ1v) is 8.37. The predicted octanol–water partition coefficient (Wildman–Crippen LogP) is 2.40. The number of nitrogens with one attached hydrogen (secondary N) is 1. The zero-order valence-electron chi connectivity index (χ0n) is 14.0. The molecule has 3 aromatic heterocycles. The quantitative estimate of drug-likeness (QED) is 0.772. The highest BCUT2D eigenvalue weighted by atomic mass is 19.1. The Balaban J connectivity index is 1.35. The van der Waals surface area contributed by atoms with Crippen LogP contribution in [0.1, 0.15) is 17.2 Å². The molecule has 4 heterocycles. The number of likely N-dealkylation sites (tertiary alicyclic amines) is 1. The molecular formula is C18H20FN5O. The lowest BCUT2D eigenvalue weighted by Gasteiger charge is -2.15. The summed E-state index contributed by atoms with van der Waals surface area (Å²) >= 11 is 0. The summed E-state index contributed by atoms with van der Waals surface area (Å²) in [6, 6.07) is 9.65. The van der Waals surface area contributed by atoms with Gasteiger partial charge in [0.25, 0.3) is 0 Å². The number of rotatable bonds is 5. The minimum absolute atomic E-state index is 0.248. The van der Waals surface area contributed by atoms with E-state index in [9.17, 15) is 4.39 Å². The van der Waals surface area contributed by atoms with E-state index in [1.807, 2.05) is 42.2 Å². The molecule has 2 atom stereocenters. The van der Waals surface area contributed by atoms with E-state index in [0.717, 1.165) is 16.9 Å². The molecule has 130 valence electrons. The largest absolute Gasteiger partial charge is 0.366 e. The second-order valence-corrected chi connectivity index (χ2v) is 6.39. The van der Waals surface area contributed by atoms with Crippen molar-refractivity contribution in [3.05, 3.63) is 53.7 Å². The van der Waals surface area contributed by atoms with Gasteiger partial charge >= 0.3 is 0 Å². The summed E-state index contributed by atoms with van der Waals surface area (Å²) in [4.78, 5) is 18.2. The molecule has 25 heavy (non-hydrogen) atoms. The minimum Gasteiger partial charge on any atom is -0.366 e. The van der Waals surface area contributed by atoms with Crippen LogP contribution in [-0.4, -0.2) is 50.2 Å². The molecule has 6 nitrogen and oxygen atoms in total. The second kappa shape index (κ2) is 6.85. The average molecular weight is 341 g/mol. The smallest absolute Gasteiger partial charge is 0.177 e. The van der Waals surface area contributed by atoms with Crippen molar-refractivity contribution >= 4 is 11.2 Å². The molecule has 7 heteroatoms. The van der Waals surface area contributed by atoms with Crippen molar-refractivity contribution in [1.82, 2.24) is 24.8 Å². The van der Waals surface area contributed by atoms with Crippen molar-refractivity contribution in [3.8, 4) is 0 Å². The lowest BCUT2D eigenvalue weighted by molar-refractivity contribution is 0.00860. The SMILES string of the molecule is Cc1cccc(CN2C[C@@H](F)[C@@H](OCc3nc4ncccc4[nH]3)C2)n1. The second-order valence-electron chi connectivity index (χ2n) is 6.39. The molecule has 3 aromatic rings. The molecule has 0 saturated carbocycles. The molecule has 0 aromatic carbocycles. The number of pyridine rings is 2. The molecule has 0 aliphatic carbocycles. The van der Waals surface area contributed by atoms with Gasteiger partial charge in [-0.25, -0.2) is 14.4 Å². The Hall–Kier alpha value is -2.38. The van der Waals surface area contributed by atoms with Crippen LogP contribution in [-0.2, 0) is 17.9 Å². The van der Waals surface area contributed by atoms with Crippen LogP contribution in [0.15, 0.2) is 36.5 Å². The van der Waals surface area contributed by atoms with Gasteiger partial charge in [-0.15, -0.1) is 0 Å². The van der Waals surface area contributed by atoms with E-state index in [4.69, 9.17) is 4.74 Å². The van der Waals surface area contributed by atoms with Crippen LogP contribution in [0.4, 0.5) is 4.39 Å². The predicted molar refractivity (Wildman–Crippen MR) is 91.6 cm³/mol. The third-order valence-electron chi connectivity index (χ3n) is 4.35. The van der Waals surface area contributed by atoms with E-state index >= 15 is 0 Å². The zero-order valence-corrected chi connectivity index (χ0v) is 14.0. The van der Waals surface area contributed by atoms with Gasteiger partial charge in [0.05, 0.1) is 11.2 Å². The fraction of sp³-hybridized carbons (Fsp3) is 0.389. The van der Waals surface area contributed by atoms with Gasteiger partial charge in [-0.05, 0) is 31.2 Å². The number of ether oxygens (including phenoxy) is 1. The summed E-state index contributed by atoms with van der Waals surface area (Å²) in [7, 11) is 0. The summed E-state index contributed by atoms with van der Waals surface area (Å²) in [5, 5.41) is 0. The van der Waals surface area contributed by atoms with Crippen molar-refractivity contribution in [2.24, 2.45) is 0 Å². The normalized spacial score (nSPS) is 21.2. The highest BCUT2D eigenvalue weighted by molar-refractivity contribution is 5.69. The van der Waals surface area contributed by atoms with Gasteiger partial charge in [0, 0.05) is 31.5 Å². The lowest BCUT2D eigenvalue weighted by atomic mass is 10.3. The molecule has 0 spiro atoms. The maximum atomic E-state index is 14.3. The molecule has 0 radical (unpaired) electrons. The number of hydrogen-bond donors (Lipinski definition) is 1. The van der Waals surface area contributed by atoms with E-state index < -0.39 is 12.3 Å². The molecule has 0 bridgehead atoms. The van der Waals surface area contributed by atoms with Gasteiger partial charge < -0.3 is 9.72 Å². The Kier molecular flexibility index (Phi) is 4.42. The number of aromatic nitrogens is 4. The van der Waals surface area contributed by atoms with E-state index in [0.29, 0.717) is 31.1 Å². The van der Waals surface area contributed by atoms with Crippen molar-refractivity contribution in [2.45, 2.75) is 32.4 Å². The van der Waals surface area contributed by atoms with Crippen LogP contribution in [0.2, 0.25) is 0 Å². The lowest BCUT2D eigenvalue weighted by Crippen LogP contribution is -2.24. The first-order chi connectivity index (χ1) is 12.2. The maximum Gasteiger partial charge on any atom is 0.177 e. The number of fused-ring (bicyclic) bond motifs is 1.